The molecule has 1 aliphatic carbocycles. The Labute approximate surface area is 249 Å². The number of nitro groups is 2. The molecule has 1 atom stereocenters. The molecule has 222 valence electrons. The van der Waals surface area contributed by atoms with Crippen molar-refractivity contribution in [1.29, 1.82) is 0 Å². The van der Waals surface area contributed by atoms with Crippen LogP contribution in [0.1, 0.15) is 37.8 Å². The molecule has 1 aliphatic heterocycles. The average molecular weight is 595 g/mol. The summed E-state index contributed by atoms with van der Waals surface area (Å²) >= 11 is 0. The summed E-state index contributed by atoms with van der Waals surface area (Å²) in [6, 6.07) is 17.9. The highest BCUT2D eigenvalue weighted by Crippen LogP contribution is 2.56. The number of nitrogen functional groups attached to an aromatic ring is 1. The Bertz CT molecular complexity index is 1930. The van der Waals surface area contributed by atoms with E-state index in [1.807, 2.05) is 13.8 Å². The van der Waals surface area contributed by atoms with E-state index in [2.05, 4.69) is 5.32 Å². The van der Waals surface area contributed by atoms with E-state index < -0.39 is 32.4 Å². The number of aliphatic hydroxyl groups is 1. The van der Waals surface area contributed by atoms with E-state index >= 15 is 0 Å². The lowest BCUT2D eigenvalue weighted by atomic mass is 9.62. The first-order valence-electron chi connectivity index (χ1n) is 13.6. The summed E-state index contributed by atoms with van der Waals surface area (Å²) < 4.78 is 1.29. The first-order chi connectivity index (χ1) is 20.8. The molecule has 0 bridgehead atoms. The van der Waals surface area contributed by atoms with Gasteiger partial charge in [-0.2, -0.15) is 5.10 Å². The number of anilines is 2. The van der Waals surface area contributed by atoms with Crippen LogP contribution in [-0.4, -0.2) is 36.4 Å². The van der Waals surface area contributed by atoms with Crippen molar-refractivity contribution in [2.75, 3.05) is 11.1 Å². The number of aliphatic hydroxyl groups excluding tert-OH is 1. The maximum atomic E-state index is 14.4. The predicted octanol–water partition coefficient (Wildman–Crippen LogP) is 5.38. The SMILES string of the molecule is CC1(C)CC(=O)C(C2(c3c(-c4ccccc4)nn(-c4ccc([N+](=O)[O-])cc4)c3N)C(=O)Nc3ccc([N+](=O)[O-])cc32)=C(O)C1. The Hall–Kier alpha value is -5.85. The van der Waals surface area contributed by atoms with E-state index in [1.54, 1.807) is 30.3 Å². The standard InChI is InChI=1S/C31H26N6O7/c1-30(2)15-23(38)25(24(39)16-30)31(21-14-20(37(43)44)12-13-22(21)33-29(31)40)26-27(17-6-4-3-5-7-17)34-35(28(26)32)18-8-10-19(11-9-18)36(41)42/h3-14,38H,15-16,32H2,1-2H3,(H,33,40). The van der Waals surface area contributed by atoms with Gasteiger partial charge in [0.1, 0.15) is 17.0 Å². The third kappa shape index (κ3) is 4.20. The highest BCUT2D eigenvalue weighted by atomic mass is 16.6. The number of carbonyl (C=O) groups is 2. The van der Waals surface area contributed by atoms with E-state index in [1.165, 1.54) is 47.1 Å². The molecule has 6 rings (SSSR count). The van der Waals surface area contributed by atoms with Crippen LogP contribution in [0.3, 0.4) is 0 Å². The summed E-state index contributed by atoms with van der Waals surface area (Å²) in [5, 5.41) is 42.3. The van der Waals surface area contributed by atoms with Crippen molar-refractivity contribution in [3.63, 3.8) is 0 Å². The molecule has 13 nitrogen and oxygen atoms in total. The molecule has 0 fully saturated rings. The molecule has 0 spiro atoms. The monoisotopic (exact) mass is 594 g/mol. The number of aromatic nitrogens is 2. The minimum atomic E-state index is -2.13. The highest BCUT2D eigenvalue weighted by Gasteiger charge is 2.59. The fourth-order valence-electron chi connectivity index (χ4n) is 6.25. The molecule has 0 saturated heterocycles. The number of amides is 1. The van der Waals surface area contributed by atoms with Gasteiger partial charge in [-0.15, -0.1) is 0 Å². The van der Waals surface area contributed by atoms with E-state index in [4.69, 9.17) is 10.8 Å². The van der Waals surface area contributed by atoms with Gasteiger partial charge in [-0.3, -0.25) is 29.8 Å². The lowest BCUT2D eigenvalue weighted by Crippen LogP contribution is -2.44. The largest absolute Gasteiger partial charge is 0.512 e. The third-order valence-electron chi connectivity index (χ3n) is 8.08. The van der Waals surface area contributed by atoms with Crippen molar-refractivity contribution >= 4 is 34.6 Å². The molecule has 4 N–H and O–H groups in total. The van der Waals surface area contributed by atoms with Crippen LogP contribution in [0.4, 0.5) is 22.9 Å². The molecule has 0 radical (unpaired) electrons. The van der Waals surface area contributed by atoms with E-state index in [0.29, 0.717) is 11.3 Å². The first-order valence-corrected chi connectivity index (χ1v) is 13.6. The molecule has 1 unspecified atom stereocenters. The van der Waals surface area contributed by atoms with Gasteiger partial charge < -0.3 is 16.2 Å². The van der Waals surface area contributed by atoms with Crippen LogP contribution in [-0.2, 0) is 15.0 Å². The molecule has 1 aromatic heterocycles. The molecule has 2 aliphatic rings. The Balaban J connectivity index is 1.76. The number of Topliss-reactive ketones (excluding diaryl/α,β-unsaturated/α-hetero) is 1. The number of non-ortho nitro benzene ring substituents is 2. The molecule has 13 heteroatoms. The van der Waals surface area contributed by atoms with Gasteiger partial charge in [-0.05, 0) is 23.6 Å². The van der Waals surface area contributed by atoms with E-state index in [0.717, 1.165) is 0 Å². The summed E-state index contributed by atoms with van der Waals surface area (Å²) in [4.78, 5) is 50.5. The zero-order valence-electron chi connectivity index (χ0n) is 23.6. The lowest BCUT2D eigenvalue weighted by molar-refractivity contribution is -0.385. The van der Waals surface area contributed by atoms with Crippen molar-refractivity contribution in [2.45, 2.75) is 32.1 Å². The minimum absolute atomic E-state index is 0.0112. The number of nitro benzene ring substituents is 2. The number of hydrogen-bond acceptors (Lipinski definition) is 9. The maximum absolute atomic E-state index is 14.4. The summed E-state index contributed by atoms with van der Waals surface area (Å²) in [6.07, 6.45) is 0.0488. The van der Waals surface area contributed by atoms with Crippen LogP contribution in [0.15, 0.2) is 84.1 Å². The fraction of sp³-hybridized carbons (Fsp3) is 0.194. The smallest absolute Gasteiger partial charge is 0.269 e. The van der Waals surface area contributed by atoms with E-state index in [-0.39, 0.29) is 63.9 Å². The molecular formula is C31H26N6O7. The van der Waals surface area contributed by atoms with Crippen LogP contribution in [0, 0.1) is 25.6 Å². The van der Waals surface area contributed by atoms with Crippen LogP contribution in [0.2, 0.25) is 0 Å². The molecule has 2 heterocycles. The number of rotatable bonds is 6. The first kappa shape index (κ1) is 28.3. The molecule has 3 aromatic carbocycles. The summed E-state index contributed by atoms with van der Waals surface area (Å²) in [5.41, 5.74) is 4.66. The van der Waals surface area contributed by atoms with Gasteiger partial charge in [0.2, 0.25) is 5.91 Å². The number of nitrogens with two attached hydrogens (primary N) is 1. The second kappa shape index (κ2) is 9.87. The highest BCUT2D eigenvalue weighted by molar-refractivity contribution is 6.19. The number of ketones is 1. The van der Waals surface area contributed by atoms with Gasteiger partial charge in [0.25, 0.3) is 11.4 Å². The van der Waals surface area contributed by atoms with Crippen molar-refractivity contribution in [3.8, 4) is 16.9 Å². The zero-order valence-corrected chi connectivity index (χ0v) is 23.6. The van der Waals surface area contributed by atoms with Gasteiger partial charge in [-0.1, -0.05) is 44.2 Å². The minimum Gasteiger partial charge on any atom is -0.512 e. The number of carbonyl (C=O) groups excluding carboxylic acids is 2. The maximum Gasteiger partial charge on any atom is 0.269 e. The Morgan fingerprint density at radius 2 is 1.57 bits per heavy atom. The zero-order chi connectivity index (χ0) is 31.6. The Morgan fingerprint density at radius 3 is 2.18 bits per heavy atom. The predicted molar refractivity (Wildman–Crippen MR) is 160 cm³/mol. The summed E-state index contributed by atoms with van der Waals surface area (Å²) in [5.74, 6) is -1.70. The van der Waals surface area contributed by atoms with Crippen molar-refractivity contribution in [1.82, 2.24) is 9.78 Å². The second-order valence-electron chi connectivity index (χ2n) is 11.6. The van der Waals surface area contributed by atoms with Gasteiger partial charge in [0.05, 0.1) is 26.8 Å². The number of hydrogen-bond donors (Lipinski definition) is 3. The topological polar surface area (TPSA) is 197 Å². The van der Waals surface area contributed by atoms with E-state index in [9.17, 15) is 34.9 Å². The van der Waals surface area contributed by atoms with Crippen LogP contribution >= 0.6 is 0 Å². The Kier molecular flexibility index (Phi) is 6.34. The fourth-order valence-corrected chi connectivity index (χ4v) is 6.25. The van der Waals surface area contributed by atoms with Gasteiger partial charge >= 0.3 is 0 Å². The molecule has 0 saturated carbocycles. The molecule has 44 heavy (non-hydrogen) atoms. The number of allylic oxidation sites excluding steroid dienone is 1. The third-order valence-corrected chi connectivity index (χ3v) is 8.08. The average Bonchev–Trinajstić information content (AvgIpc) is 3.46. The molecule has 4 aromatic rings. The Morgan fingerprint density at radius 1 is 0.932 bits per heavy atom. The molecule has 1 amide bonds. The number of nitrogens with one attached hydrogen (secondary N) is 1. The summed E-state index contributed by atoms with van der Waals surface area (Å²) in [6.45, 7) is 3.63. The lowest BCUT2D eigenvalue weighted by Gasteiger charge is -2.37. The van der Waals surface area contributed by atoms with Crippen LogP contribution in [0.5, 0.6) is 0 Å². The van der Waals surface area contributed by atoms with Crippen LogP contribution in [0.25, 0.3) is 16.9 Å². The van der Waals surface area contributed by atoms with Crippen molar-refractivity contribution < 1.29 is 24.5 Å². The number of benzene rings is 3. The van der Waals surface area contributed by atoms with Gasteiger partial charge in [-0.25, -0.2) is 4.68 Å². The second-order valence-corrected chi connectivity index (χ2v) is 11.6. The van der Waals surface area contributed by atoms with Gasteiger partial charge in [0.15, 0.2) is 5.78 Å². The number of fused-ring (bicyclic) bond motifs is 1. The molecular weight excluding hydrogens is 568 g/mol. The van der Waals surface area contributed by atoms with Gasteiger partial charge in [0, 0.05) is 59.5 Å². The normalized spacial score (nSPS) is 19.0. The summed E-state index contributed by atoms with van der Waals surface area (Å²) in [7, 11) is 0. The van der Waals surface area contributed by atoms with Crippen molar-refractivity contribution in [3.05, 3.63) is 115 Å². The number of nitrogens with zero attached hydrogens (tertiary/aromatic N) is 4. The quantitative estimate of drug-likeness (QED) is 0.194. The van der Waals surface area contributed by atoms with Crippen molar-refractivity contribution in [2.24, 2.45) is 5.41 Å². The van der Waals surface area contributed by atoms with Crippen LogP contribution < -0.4 is 11.1 Å².